The molecule has 1 aromatic heterocycles. The lowest BCUT2D eigenvalue weighted by Gasteiger charge is -2.25. The maximum atomic E-state index is 3.77. The highest BCUT2D eigenvalue weighted by Gasteiger charge is 2.16. The van der Waals surface area contributed by atoms with Gasteiger partial charge in [-0.1, -0.05) is 44.2 Å². The van der Waals surface area contributed by atoms with Gasteiger partial charge in [0.05, 0.1) is 0 Å². The fourth-order valence-corrected chi connectivity index (χ4v) is 3.13. The number of thiophene rings is 1. The fraction of sp³-hybridized carbons (Fsp3) is 0.412. The Kier molecular flexibility index (Phi) is 5.17. The first-order valence-corrected chi connectivity index (χ1v) is 7.94. The molecule has 0 fully saturated rings. The Hall–Kier alpha value is -1.12. The van der Waals surface area contributed by atoms with Crippen LogP contribution in [0.4, 0.5) is 0 Å². The van der Waals surface area contributed by atoms with Gasteiger partial charge in [-0.15, -0.1) is 0 Å². The molecule has 2 heteroatoms. The van der Waals surface area contributed by atoms with E-state index in [-0.39, 0.29) is 0 Å². The third kappa shape index (κ3) is 4.19. The third-order valence-corrected chi connectivity index (χ3v) is 4.10. The topological polar surface area (TPSA) is 12.0 Å². The maximum Gasteiger partial charge on any atom is 0.0328 e. The van der Waals surface area contributed by atoms with Crippen LogP contribution in [0.5, 0.6) is 0 Å². The van der Waals surface area contributed by atoms with Crippen LogP contribution in [0.15, 0.2) is 47.2 Å². The molecule has 0 amide bonds. The molecule has 0 aliphatic carbocycles. The Labute approximate surface area is 120 Å². The number of hydrogen-bond donors (Lipinski definition) is 1. The van der Waals surface area contributed by atoms with Gasteiger partial charge in [-0.05, 0) is 47.2 Å². The summed E-state index contributed by atoms with van der Waals surface area (Å²) in [7, 11) is 0. The minimum Gasteiger partial charge on any atom is -0.303 e. The molecule has 2 unspecified atom stereocenters. The van der Waals surface area contributed by atoms with Crippen LogP contribution < -0.4 is 5.32 Å². The predicted octanol–water partition coefficient (Wildman–Crippen LogP) is 5.19. The van der Waals surface area contributed by atoms with Gasteiger partial charge >= 0.3 is 0 Å². The maximum absolute atomic E-state index is 3.77. The Morgan fingerprint density at radius 3 is 2.32 bits per heavy atom. The van der Waals surface area contributed by atoms with Crippen molar-refractivity contribution < 1.29 is 0 Å². The first-order valence-electron chi connectivity index (χ1n) is 7.00. The molecule has 0 aliphatic heterocycles. The van der Waals surface area contributed by atoms with Crippen LogP contribution in [-0.4, -0.2) is 0 Å². The van der Waals surface area contributed by atoms with Crippen LogP contribution >= 0.6 is 11.3 Å². The molecule has 0 radical (unpaired) electrons. The summed E-state index contributed by atoms with van der Waals surface area (Å²) in [5, 5.41) is 8.15. The van der Waals surface area contributed by atoms with Crippen LogP contribution in [0, 0.1) is 5.92 Å². The minimum atomic E-state index is 0.398. The largest absolute Gasteiger partial charge is 0.303 e. The van der Waals surface area contributed by atoms with Crippen molar-refractivity contribution in [3.05, 3.63) is 58.3 Å². The van der Waals surface area contributed by atoms with E-state index in [0.29, 0.717) is 18.0 Å². The Morgan fingerprint density at radius 2 is 1.74 bits per heavy atom. The summed E-state index contributed by atoms with van der Waals surface area (Å²) in [6, 6.07) is 13.8. The van der Waals surface area contributed by atoms with E-state index in [1.165, 1.54) is 17.5 Å². The molecule has 1 nitrogen and oxygen atoms in total. The summed E-state index contributed by atoms with van der Waals surface area (Å²) in [6.07, 6.45) is 1.17. The van der Waals surface area contributed by atoms with Crippen molar-refractivity contribution in [2.75, 3.05) is 0 Å². The smallest absolute Gasteiger partial charge is 0.0328 e. The van der Waals surface area contributed by atoms with E-state index in [4.69, 9.17) is 0 Å². The summed E-state index contributed by atoms with van der Waals surface area (Å²) in [4.78, 5) is 0. The second kappa shape index (κ2) is 6.88. The van der Waals surface area contributed by atoms with E-state index in [9.17, 15) is 0 Å². The number of nitrogens with one attached hydrogen (secondary N) is 1. The third-order valence-electron chi connectivity index (χ3n) is 3.40. The summed E-state index contributed by atoms with van der Waals surface area (Å²) in [6.45, 7) is 6.82. The van der Waals surface area contributed by atoms with Crippen molar-refractivity contribution in [2.45, 2.75) is 39.3 Å². The molecule has 2 rings (SSSR count). The van der Waals surface area contributed by atoms with Gasteiger partial charge in [0.15, 0.2) is 0 Å². The summed E-state index contributed by atoms with van der Waals surface area (Å²) < 4.78 is 0. The Bertz CT molecular complexity index is 461. The number of rotatable bonds is 6. The quantitative estimate of drug-likeness (QED) is 0.764. The molecule has 19 heavy (non-hydrogen) atoms. The molecule has 1 aromatic carbocycles. The first kappa shape index (κ1) is 14.3. The average molecular weight is 273 g/mol. The first-order chi connectivity index (χ1) is 9.16. The highest BCUT2D eigenvalue weighted by Crippen LogP contribution is 2.26. The SMILES string of the molecule is CC(C)CC(NC(C)c1ccsc1)c1ccccc1. The monoisotopic (exact) mass is 273 g/mol. The molecule has 0 saturated heterocycles. The van der Waals surface area contributed by atoms with Gasteiger partial charge in [-0.2, -0.15) is 11.3 Å². The summed E-state index contributed by atoms with van der Waals surface area (Å²) in [5.41, 5.74) is 2.77. The van der Waals surface area contributed by atoms with Gasteiger partial charge in [0.2, 0.25) is 0 Å². The highest BCUT2D eigenvalue weighted by atomic mass is 32.1. The van der Waals surface area contributed by atoms with E-state index in [0.717, 1.165) is 0 Å². The average Bonchev–Trinajstić information content (AvgIpc) is 2.92. The van der Waals surface area contributed by atoms with Crippen LogP contribution in [0.25, 0.3) is 0 Å². The zero-order valence-electron chi connectivity index (χ0n) is 12.0. The van der Waals surface area contributed by atoms with Gasteiger partial charge < -0.3 is 5.32 Å². The predicted molar refractivity (Wildman–Crippen MR) is 84.5 cm³/mol. The summed E-state index contributed by atoms with van der Waals surface area (Å²) >= 11 is 1.76. The van der Waals surface area contributed by atoms with Crippen molar-refractivity contribution in [2.24, 2.45) is 5.92 Å². The fourth-order valence-electron chi connectivity index (χ4n) is 2.38. The highest BCUT2D eigenvalue weighted by molar-refractivity contribution is 7.07. The second-order valence-corrected chi connectivity index (χ2v) is 6.32. The van der Waals surface area contributed by atoms with Crippen molar-refractivity contribution in [3.8, 4) is 0 Å². The Balaban J connectivity index is 2.10. The molecule has 2 atom stereocenters. The van der Waals surface area contributed by atoms with Crippen LogP contribution in [-0.2, 0) is 0 Å². The molecule has 0 saturated carbocycles. The van der Waals surface area contributed by atoms with Gasteiger partial charge in [0.1, 0.15) is 0 Å². The lowest BCUT2D eigenvalue weighted by Crippen LogP contribution is -2.25. The van der Waals surface area contributed by atoms with Gasteiger partial charge in [-0.25, -0.2) is 0 Å². The molecule has 0 bridgehead atoms. The zero-order valence-corrected chi connectivity index (χ0v) is 12.8. The summed E-state index contributed by atoms with van der Waals surface area (Å²) in [5.74, 6) is 0.687. The van der Waals surface area contributed by atoms with E-state index in [2.05, 4.69) is 73.2 Å². The van der Waals surface area contributed by atoms with E-state index in [1.54, 1.807) is 11.3 Å². The molecule has 2 aromatic rings. The standard InChI is InChI=1S/C17H23NS/c1-13(2)11-17(15-7-5-4-6-8-15)18-14(3)16-9-10-19-12-16/h4-10,12-14,17-18H,11H2,1-3H3. The van der Waals surface area contributed by atoms with Crippen LogP contribution in [0.2, 0.25) is 0 Å². The van der Waals surface area contributed by atoms with Crippen molar-refractivity contribution in [1.82, 2.24) is 5.32 Å². The van der Waals surface area contributed by atoms with Crippen LogP contribution in [0.3, 0.4) is 0 Å². The molecule has 102 valence electrons. The number of hydrogen-bond acceptors (Lipinski definition) is 2. The molecular formula is C17H23NS. The molecule has 1 heterocycles. The van der Waals surface area contributed by atoms with Gasteiger partial charge in [-0.3, -0.25) is 0 Å². The Morgan fingerprint density at radius 1 is 1.00 bits per heavy atom. The van der Waals surface area contributed by atoms with Crippen molar-refractivity contribution in [3.63, 3.8) is 0 Å². The van der Waals surface area contributed by atoms with Crippen molar-refractivity contribution >= 4 is 11.3 Å². The van der Waals surface area contributed by atoms with Gasteiger partial charge in [0.25, 0.3) is 0 Å². The minimum absolute atomic E-state index is 0.398. The van der Waals surface area contributed by atoms with Gasteiger partial charge in [0, 0.05) is 12.1 Å². The molecule has 0 aliphatic rings. The lowest BCUT2D eigenvalue weighted by molar-refractivity contribution is 0.394. The van der Waals surface area contributed by atoms with Crippen LogP contribution in [0.1, 0.15) is 50.4 Å². The van der Waals surface area contributed by atoms with E-state index < -0.39 is 0 Å². The van der Waals surface area contributed by atoms with Crippen molar-refractivity contribution in [1.29, 1.82) is 0 Å². The number of benzene rings is 1. The normalized spacial score (nSPS) is 14.5. The zero-order chi connectivity index (χ0) is 13.7. The molecular weight excluding hydrogens is 250 g/mol. The van der Waals surface area contributed by atoms with E-state index >= 15 is 0 Å². The van der Waals surface area contributed by atoms with E-state index in [1.807, 2.05) is 0 Å². The molecule has 0 spiro atoms. The lowest BCUT2D eigenvalue weighted by atomic mass is 9.96. The second-order valence-electron chi connectivity index (χ2n) is 5.54. The molecule has 1 N–H and O–H groups in total.